The molecule has 112 valence electrons. The normalized spacial score (nSPS) is 18.5. The van der Waals surface area contributed by atoms with Gasteiger partial charge in [0, 0.05) is 19.7 Å². The van der Waals surface area contributed by atoms with E-state index in [2.05, 4.69) is 9.97 Å². The number of aryl methyl sites for hydroxylation is 1. The van der Waals surface area contributed by atoms with Gasteiger partial charge in [0.05, 0.1) is 5.41 Å². The van der Waals surface area contributed by atoms with Gasteiger partial charge in [-0.05, 0) is 25.0 Å². The number of carboxylic acid groups (broad SMARTS) is 1. The quantitative estimate of drug-likeness (QED) is 0.881. The van der Waals surface area contributed by atoms with Crippen molar-refractivity contribution in [2.24, 2.45) is 12.5 Å². The lowest BCUT2D eigenvalue weighted by molar-refractivity contribution is -0.150. The molecule has 0 bridgehead atoms. The molecule has 0 unspecified atom stereocenters. The Morgan fingerprint density at radius 3 is 2.67 bits per heavy atom. The van der Waals surface area contributed by atoms with E-state index in [0.29, 0.717) is 6.42 Å². The van der Waals surface area contributed by atoms with E-state index in [1.165, 1.54) is 0 Å². The summed E-state index contributed by atoms with van der Waals surface area (Å²) in [6.07, 6.45) is 8.00. The van der Waals surface area contributed by atoms with Crippen LogP contribution in [-0.2, 0) is 18.3 Å². The average molecular weight is 287 g/mol. The predicted molar refractivity (Wildman–Crippen MR) is 80.0 cm³/mol. The first-order valence-corrected chi connectivity index (χ1v) is 7.62. The molecule has 1 aliphatic carbocycles. The Hall–Kier alpha value is -1.91. The Labute approximate surface area is 124 Å². The first kappa shape index (κ1) is 14.0. The molecule has 0 amide bonds. The zero-order valence-electron chi connectivity index (χ0n) is 12.4. The van der Waals surface area contributed by atoms with E-state index in [-0.39, 0.29) is 0 Å². The molecule has 0 aliphatic heterocycles. The summed E-state index contributed by atoms with van der Waals surface area (Å²) in [6, 6.07) is 3.78. The van der Waals surface area contributed by atoms with Crippen molar-refractivity contribution >= 4 is 17.1 Å². The minimum atomic E-state index is -0.676. The smallest absolute Gasteiger partial charge is 0.310 e. The maximum Gasteiger partial charge on any atom is 0.310 e. The highest BCUT2D eigenvalue weighted by Gasteiger charge is 2.40. The summed E-state index contributed by atoms with van der Waals surface area (Å²) in [6.45, 7) is 0. The van der Waals surface area contributed by atoms with Gasteiger partial charge in [0.15, 0.2) is 5.65 Å². The van der Waals surface area contributed by atoms with Gasteiger partial charge in [0.2, 0.25) is 0 Å². The summed E-state index contributed by atoms with van der Waals surface area (Å²) in [5.41, 5.74) is 0.997. The third-order valence-corrected chi connectivity index (χ3v) is 4.73. The van der Waals surface area contributed by atoms with Crippen LogP contribution in [0.25, 0.3) is 11.2 Å². The van der Waals surface area contributed by atoms with Crippen molar-refractivity contribution < 1.29 is 9.90 Å². The minimum absolute atomic E-state index is 0.495. The fourth-order valence-electron chi connectivity index (χ4n) is 3.40. The standard InChI is InChI=1S/C16H21N3O2/c1-19-13(18-12-7-6-10-17-14(12)19)11-16(15(20)21)8-4-2-3-5-9-16/h6-7,10H,2-5,8-9,11H2,1H3,(H,20,21). The SMILES string of the molecule is Cn1c(CC2(C(=O)O)CCCCCC2)nc2cccnc21. The highest BCUT2D eigenvalue weighted by Crippen LogP contribution is 2.38. The minimum Gasteiger partial charge on any atom is -0.481 e. The number of nitrogens with zero attached hydrogens (tertiary/aromatic N) is 3. The molecule has 3 rings (SSSR count). The Kier molecular flexibility index (Phi) is 3.66. The van der Waals surface area contributed by atoms with E-state index in [9.17, 15) is 9.90 Å². The fraction of sp³-hybridized carbons (Fsp3) is 0.562. The first-order chi connectivity index (χ1) is 10.1. The number of carbonyl (C=O) groups is 1. The molecule has 21 heavy (non-hydrogen) atoms. The van der Waals surface area contributed by atoms with Gasteiger partial charge in [0.1, 0.15) is 11.3 Å². The topological polar surface area (TPSA) is 68.0 Å². The summed E-state index contributed by atoms with van der Waals surface area (Å²) >= 11 is 0. The number of carboxylic acids is 1. The van der Waals surface area contributed by atoms with Crippen LogP contribution >= 0.6 is 0 Å². The number of rotatable bonds is 3. The summed E-state index contributed by atoms with van der Waals surface area (Å²) in [5, 5.41) is 9.79. The van der Waals surface area contributed by atoms with Gasteiger partial charge in [-0.25, -0.2) is 9.97 Å². The molecule has 2 aromatic rings. The van der Waals surface area contributed by atoms with Crippen LogP contribution in [0, 0.1) is 5.41 Å². The Balaban J connectivity index is 1.97. The molecule has 1 aliphatic rings. The number of hydrogen-bond acceptors (Lipinski definition) is 3. The molecule has 0 aromatic carbocycles. The van der Waals surface area contributed by atoms with Crippen LogP contribution in [0.5, 0.6) is 0 Å². The zero-order valence-corrected chi connectivity index (χ0v) is 12.4. The van der Waals surface area contributed by atoms with Crippen LogP contribution < -0.4 is 0 Å². The Bertz CT molecular complexity index is 655. The first-order valence-electron chi connectivity index (χ1n) is 7.62. The molecule has 2 aromatic heterocycles. The number of imidazole rings is 1. The molecular formula is C16H21N3O2. The summed E-state index contributed by atoms with van der Waals surface area (Å²) in [5.74, 6) is 0.150. The molecule has 2 heterocycles. The van der Waals surface area contributed by atoms with Gasteiger partial charge >= 0.3 is 5.97 Å². The van der Waals surface area contributed by atoms with Crippen LogP contribution in [0.1, 0.15) is 44.3 Å². The molecule has 0 spiro atoms. The van der Waals surface area contributed by atoms with Crippen molar-refractivity contribution in [3.05, 3.63) is 24.2 Å². The molecule has 0 saturated heterocycles. The van der Waals surface area contributed by atoms with Crippen molar-refractivity contribution in [3.63, 3.8) is 0 Å². The van der Waals surface area contributed by atoms with Crippen molar-refractivity contribution in [1.82, 2.24) is 14.5 Å². The lowest BCUT2D eigenvalue weighted by atomic mass is 9.77. The van der Waals surface area contributed by atoms with Crippen LogP contribution in [0.3, 0.4) is 0 Å². The van der Waals surface area contributed by atoms with Gasteiger partial charge in [-0.15, -0.1) is 0 Å². The molecule has 1 fully saturated rings. The van der Waals surface area contributed by atoms with E-state index in [1.807, 2.05) is 23.7 Å². The zero-order chi connectivity index (χ0) is 14.9. The molecule has 0 atom stereocenters. The molecular weight excluding hydrogens is 266 g/mol. The van der Waals surface area contributed by atoms with Gasteiger partial charge in [0.25, 0.3) is 0 Å². The summed E-state index contributed by atoms with van der Waals surface area (Å²) in [4.78, 5) is 20.8. The molecule has 1 saturated carbocycles. The van der Waals surface area contributed by atoms with Gasteiger partial charge in [-0.2, -0.15) is 0 Å². The van der Waals surface area contributed by atoms with Gasteiger partial charge in [-0.1, -0.05) is 25.7 Å². The van der Waals surface area contributed by atoms with Crippen molar-refractivity contribution in [2.45, 2.75) is 44.9 Å². The van der Waals surface area contributed by atoms with Gasteiger partial charge < -0.3 is 9.67 Å². The summed E-state index contributed by atoms with van der Waals surface area (Å²) < 4.78 is 1.94. The Morgan fingerprint density at radius 2 is 2.05 bits per heavy atom. The number of hydrogen-bond donors (Lipinski definition) is 1. The number of fused-ring (bicyclic) bond motifs is 1. The maximum absolute atomic E-state index is 11.9. The van der Waals surface area contributed by atoms with E-state index in [0.717, 1.165) is 55.5 Å². The monoisotopic (exact) mass is 287 g/mol. The lowest BCUT2D eigenvalue weighted by Crippen LogP contribution is -2.33. The average Bonchev–Trinajstić information content (AvgIpc) is 2.66. The molecule has 5 nitrogen and oxygen atoms in total. The largest absolute Gasteiger partial charge is 0.481 e. The second-order valence-electron chi connectivity index (χ2n) is 6.11. The van der Waals surface area contributed by atoms with Crippen LogP contribution in [-0.4, -0.2) is 25.6 Å². The van der Waals surface area contributed by atoms with E-state index < -0.39 is 11.4 Å². The third kappa shape index (κ3) is 2.52. The van der Waals surface area contributed by atoms with Crippen molar-refractivity contribution in [2.75, 3.05) is 0 Å². The third-order valence-electron chi connectivity index (χ3n) is 4.73. The number of aromatic nitrogens is 3. The van der Waals surface area contributed by atoms with Crippen molar-refractivity contribution in [1.29, 1.82) is 0 Å². The van der Waals surface area contributed by atoms with Crippen LogP contribution in [0.2, 0.25) is 0 Å². The van der Waals surface area contributed by atoms with Crippen LogP contribution in [0.15, 0.2) is 18.3 Å². The fourth-order valence-corrected chi connectivity index (χ4v) is 3.40. The van der Waals surface area contributed by atoms with E-state index in [1.54, 1.807) is 6.20 Å². The second-order valence-corrected chi connectivity index (χ2v) is 6.11. The van der Waals surface area contributed by atoms with E-state index in [4.69, 9.17) is 0 Å². The number of pyridine rings is 1. The van der Waals surface area contributed by atoms with Gasteiger partial charge in [-0.3, -0.25) is 4.79 Å². The molecule has 0 radical (unpaired) electrons. The Morgan fingerprint density at radius 1 is 1.33 bits per heavy atom. The predicted octanol–water partition coefficient (Wildman–Crippen LogP) is 2.94. The van der Waals surface area contributed by atoms with E-state index >= 15 is 0 Å². The van der Waals surface area contributed by atoms with Crippen LogP contribution in [0.4, 0.5) is 0 Å². The molecule has 1 N–H and O–H groups in total. The van der Waals surface area contributed by atoms with Crippen molar-refractivity contribution in [3.8, 4) is 0 Å². The second kappa shape index (κ2) is 5.47. The molecule has 5 heteroatoms. The highest BCUT2D eigenvalue weighted by atomic mass is 16.4. The highest BCUT2D eigenvalue weighted by molar-refractivity contribution is 5.76. The summed E-state index contributed by atoms with van der Waals surface area (Å²) in [7, 11) is 1.92. The maximum atomic E-state index is 11.9. The number of aliphatic carboxylic acids is 1. The lowest BCUT2D eigenvalue weighted by Gasteiger charge is -2.27.